The summed E-state index contributed by atoms with van der Waals surface area (Å²) in [4.78, 5) is 11.4. The molecule has 0 aromatic heterocycles. The minimum absolute atomic E-state index is 0.0318. The van der Waals surface area contributed by atoms with Crippen molar-refractivity contribution in [3.8, 4) is 5.75 Å². The second-order valence-corrected chi connectivity index (χ2v) is 6.64. The predicted molar refractivity (Wildman–Crippen MR) is 86.9 cm³/mol. The van der Waals surface area contributed by atoms with Crippen LogP contribution in [0.15, 0.2) is 18.2 Å². The Kier molecular flexibility index (Phi) is 5.99. The monoisotopic (exact) mass is 323 g/mol. The maximum Gasteiger partial charge on any atom is 0.217 e. The van der Waals surface area contributed by atoms with Crippen LogP contribution in [0.1, 0.15) is 51.7 Å². The van der Waals surface area contributed by atoms with Crippen LogP contribution in [0.25, 0.3) is 0 Å². The molecule has 2 rings (SSSR count). The summed E-state index contributed by atoms with van der Waals surface area (Å²) in [6.07, 6.45) is 2.35. The second-order valence-electron chi connectivity index (χ2n) is 6.64. The third kappa shape index (κ3) is 4.93. The fourth-order valence-electron chi connectivity index (χ4n) is 3.19. The maximum atomic E-state index is 13.6. The largest absolute Gasteiger partial charge is 0.494 e. The molecule has 1 saturated heterocycles. The highest BCUT2D eigenvalue weighted by Gasteiger charge is 2.31. The average Bonchev–Trinajstić information content (AvgIpc) is 2.46. The van der Waals surface area contributed by atoms with E-state index in [1.807, 2.05) is 0 Å². The van der Waals surface area contributed by atoms with Crippen LogP contribution in [0.2, 0.25) is 0 Å². The minimum atomic E-state index is -0.385. The number of methoxy groups -OCH3 is 1. The fraction of sp³-hybridized carbons (Fsp3) is 0.611. The first kappa shape index (κ1) is 17.7. The van der Waals surface area contributed by atoms with Crippen molar-refractivity contribution in [2.75, 3.05) is 7.11 Å². The highest BCUT2D eigenvalue weighted by Crippen LogP contribution is 2.35. The molecule has 1 heterocycles. The lowest BCUT2D eigenvalue weighted by molar-refractivity contribution is -0.122. The van der Waals surface area contributed by atoms with Gasteiger partial charge in [-0.3, -0.25) is 4.79 Å². The highest BCUT2D eigenvalue weighted by atomic mass is 19.1. The van der Waals surface area contributed by atoms with E-state index in [1.54, 1.807) is 12.1 Å². The molecule has 0 unspecified atom stereocenters. The van der Waals surface area contributed by atoms with Gasteiger partial charge in [0.25, 0.3) is 0 Å². The summed E-state index contributed by atoms with van der Waals surface area (Å²) in [7, 11) is 1.45. The Labute approximate surface area is 137 Å². The average molecular weight is 323 g/mol. The van der Waals surface area contributed by atoms with Gasteiger partial charge in [-0.1, -0.05) is 19.9 Å². The molecule has 1 N–H and O–H groups in total. The van der Waals surface area contributed by atoms with Gasteiger partial charge in [0.05, 0.1) is 19.3 Å². The van der Waals surface area contributed by atoms with Crippen molar-refractivity contribution in [3.63, 3.8) is 0 Å². The summed E-state index contributed by atoms with van der Waals surface area (Å²) in [5.74, 6) is 0.312. The first-order chi connectivity index (χ1) is 10.9. The van der Waals surface area contributed by atoms with E-state index < -0.39 is 0 Å². The first-order valence-corrected chi connectivity index (χ1v) is 8.15. The third-order valence-electron chi connectivity index (χ3n) is 4.09. The zero-order chi connectivity index (χ0) is 17.0. The number of benzene rings is 1. The lowest BCUT2D eigenvalue weighted by atomic mass is 9.90. The summed E-state index contributed by atoms with van der Waals surface area (Å²) in [5, 5.41) is 3.00. The molecule has 1 aromatic carbocycles. The van der Waals surface area contributed by atoms with E-state index in [4.69, 9.17) is 9.47 Å². The molecule has 4 nitrogen and oxygen atoms in total. The maximum absolute atomic E-state index is 13.6. The number of ether oxygens (including phenoxy) is 2. The molecule has 1 fully saturated rings. The van der Waals surface area contributed by atoms with Gasteiger partial charge in [0.1, 0.15) is 0 Å². The molecule has 23 heavy (non-hydrogen) atoms. The molecule has 0 spiro atoms. The number of hydrogen-bond donors (Lipinski definition) is 1. The number of carbonyl (C=O) groups is 1. The Morgan fingerprint density at radius 3 is 2.78 bits per heavy atom. The molecule has 1 aromatic rings. The van der Waals surface area contributed by atoms with Gasteiger partial charge in [-0.2, -0.15) is 0 Å². The number of carbonyl (C=O) groups excluding carboxylic acids is 1. The number of nitrogens with one attached hydrogen (secondary N) is 1. The van der Waals surface area contributed by atoms with E-state index in [-0.39, 0.29) is 35.7 Å². The molecule has 5 heteroatoms. The molecule has 1 aliphatic heterocycles. The van der Waals surface area contributed by atoms with Crippen molar-refractivity contribution in [2.24, 2.45) is 5.92 Å². The second kappa shape index (κ2) is 7.77. The standard InChI is InChI=1S/C18H26FNO3/c1-11(2)7-15-9-14(20-12(3)21)10-17(23-15)13-5-6-16(19)18(8-13)22-4/h5-6,8,11,14-15,17H,7,9-10H2,1-4H3,(H,20,21)/t14-,15+,17+/m1/s1. The van der Waals surface area contributed by atoms with Crippen LogP contribution in [0.5, 0.6) is 5.75 Å². The summed E-state index contributed by atoms with van der Waals surface area (Å²) >= 11 is 0. The first-order valence-electron chi connectivity index (χ1n) is 8.15. The molecule has 1 aliphatic rings. The molecule has 0 bridgehead atoms. The van der Waals surface area contributed by atoms with E-state index in [0.717, 1.165) is 18.4 Å². The molecular weight excluding hydrogens is 297 g/mol. The van der Waals surface area contributed by atoms with E-state index in [1.165, 1.54) is 20.1 Å². The van der Waals surface area contributed by atoms with Crippen molar-refractivity contribution in [1.82, 2.24) is 5.32 Å². The molecule has 0 aliphatic carbocycles. The summed E-state index contributed by atoms with van der Waals surface area (Å²) < 4.78 is 24.9. The molecule has 1 amide bonds. The Morgan fingerprint density at radius 1 is 1.43 bits per heavy atom. The van der Waals surface area contributed by atoms with Gasteiger partial charge in [0.2, 0.25) is 5.91 Å². The van der Waals surface area contributed by atoms with Gasteiger partial charge in [-0.05, 0) is 42.9 Å². The molecule has 128 valence electrons. The van der Waals surface area contributed by atoms with Crippen molar-refractivity contribution in [1.29, 1.82) is 0 Å². The lowest BCUT2D eigenvalue weighted by Gasteiger charge is -2.36. The van der Waals surface area contributed by atoms with Crippen molar-refractivity contribution < 1.29 is 18.7 Å². The van der Waals surface area contributed by atoms with E-state index in [2.05, 4.69) is 19.2 Å². The van der Waals surface area contributed by atoms with Gasteiger partial charge >= 0.3 is 0 Å². The van der Waals surface area contributed by atoms with Gasteiger partial charge in [0, 0.05) is 13.0 Å². The SMILES string of the molecule is COc1cc([C@@H]2C[C@H](NC(C)=O)C[C@H](CC(C)C)O2)ccc1F. The Morgan fingerprint density at radius 2 is 2.17 bits per heavy atom. The van der Waals surface area contributed by atoms with Crippen LogP contribution in [-0.2, 0) is 9.53 Å². The predicted octanol–water partition coefficient (Wildman–Crippen LogP) is 3.61. The third-order valence-corrected chi connectivity index (χ3v) is 4.09. The molecular formula is C18H26FNO3. The number of hydrogen-bond acceptors (Lipinski definition) is 3. The van der Waals surface area contributed by atoms with E-state index >= 15 is 0 Å². The Bertz CT molecular complexity index is 547. The normalized spacial score (nSPS) is 24.5. The van der Waals surface area contributed by atoms with Gasteiger partial charge in [-0.15, -0.1) is 0 Å². The van der Waals surface area contributed by atoms with E-state index in [9.17, 15) is 9.18 Å². The van der Waals surface area contributed by atoms with Gasteiger partial charge < -0.3 is 14.8 Å². The number of amides is 1. The van der Waals surface area contributed by atoms with Crippen LogP contribution in [0.4, 0.5) is 4.39 Å². The van der Waals surface area contributed by atoms with Crippen LogP contribution in [-0.4, -0.2) is 25.2 Å². The zero-order valence-electron chi connectivity index (χ0n) is 14.3. The number of halogens is 1. The topological polar surface area (TPSA) is 47.6 Å². The van der Waals surface area contributed by atoms with Crippen LogP contribution < -0.4 is 10.1 Å². The highest BCUT2D eigenvalue weighted by molar-refractivity contribution is 5.73. The lowest BCUT2D eigenvalue weighted by Crippen LogP contribution is -2.42. The molecule has 0 radical (unpaired) electrons. The fourth-order valence-corrected chi connectivity index (χ4v) is 3.19. The summed E-state index contributed by atoms with van der Waals surface area (Å²) in [6.45, 7) is 5.84. The van der Waals surface area contributed by atoms with E-state index in [0.29, 0.717) is 12.3 Å². The number of rotatable bonds is 5. The Hall–Kier alpha value is -1.62. The minimum Gasteiger partial charge on any atom is -0.494 e. The van der Waals surface area contributed by atoms with Crippen LogP contribution in [0.3, 0.4) is 0 Å². The van der Waals surface area contributed by atoms with Crippen molar-refractivity contribution in [3.05, 3.63) is 29.6 Å². The van der Waals surface area contributed by atoms with Crippen LogP contribution >= 0.6 is 0 Å². The summed E-state index contributed by atoms with van der Waals surface area (Å²) in [6, 6.07) is 4.89. The van der Waals surface area contributed by atoms with Crippen molar-refractivity contribution in [2.45, 2.75) is 58.3 Å². The van der Waals surface area contributed by atoms with Gasteiger partial charge in [-0.25, -0.2) is 4.39 Å². The van der Waals surface area contributed by atoms with Gasteiger partial charge in [0.15, 0.2) is 11.6 Å². The Balaban J connectivity index is 2.19. The molecule has 3 atom stereocenters. The van der Waals surface area contributed by atoms with Crippen molar-refractivity contribution >= 4 is 5.91 Å². The quantitative estimate of drug-likeness (QED) is 0.900. The van der Waals surface area contributed by atoms with Crippen LogP contribution in [0, 0.1) is 11.7 Å². The summed E-state index contributed by atoms with van der Waals surface area (Å²) in [5.41, 5.74) is 0.882. The molecule has 0 saturated carbocycles. The zero-order valence-corrected chi connectivity index (χ0v) is 14.3. The smallest absolute Gasteiger partial charge is 0.217 e.